The first kappa shape index (κ1) is 12.1. The Hall–Kier alpha value is -1.35. The van der Waals surface area contributed by atoms with Crippen molar-refractivity contribution >= 4 is 11.6 Å². The summed E-state index contributed by atoms with van der Waals surface area (Å²) in [5.74, 6) is 0.226. The third kappa shape index (κ3) is 2.67. The average molecular weight is 232 g/mol. The van der Waals surface area contributed by atoms with Crippen LogP contribution in [0.1, 0.15) is 24.0 Å². The molecule has 3 heteroatoms. The van der Waals surface area contributed by atoms with Crippen LogP contribution in [0.3, 0.4) is 0 Å². The normalized spacial score (nSPS) is 14.6. The van der Waals surface area contributed by atoms with Crippen LogP contribution in [-0.2, 0) is 11.2 Å². The van der Waals surface area contributed by atoms with Gasteiger partial charge in [0.2, 0.25) is 5.91 Å². The number of hydrogen-bond acceptors (Lipinski definition) is 2. The highest BCUT2D eigenvalue weighted by atomic mass is 16.2. The number of carbonyl (C=O) groups excluding carboxylic acids is 1. The van der Waals surface area contributed by atoms with Crippen molar-refractivity contribution in [1.29, 1.82) is 0 Å². The molecule has 0 bridgehead atoms. The van der Waals surface area contributed by atoms with Crippen molar-refractivity contribution in [2.45, 2.75) is 26.2 Å². The summed E-state index contributed by atoms with van der Waals surface area (Å²) in [6.45, 7) is 3.71. The van der Waals surface area contributed by atoms with E-state index in [2.05, 4.69) is 30.4 Å². The van der Waals surface area contributed by atoms with Gasteiger partial charge < -0.3 is 10.2 Å². The van der Waals surface area contributed by atoms with Gasteiger partial charge in [-0.15, -0.1) is 0 Å². The molecule has 1 amide bonds. The van der Waals surface area contributed by atoms with E-state index in [1.807, 2.05) is 11.9 Å². The Morgan fingerprint density at radius 1 is 1.47 bits per heavy atom. The fourth-order valence-corrected chi connectivity index (χ4v) is 2.35. The Bertz CT molecular complexity index is 415. The molecule has 0 fully saturated rings. The SMILES string of the molecule is CNCCC(=O)N1CCCc2cc(C)ccc21. The van der Waals surface area contributed by atoms with Gasteiger partial charge in [0.15, 0.2) is 0 Å². The Kier molecular flexibility index (Phi) is 3.79. The zero-order valence-corrected chi connectivity index (χ0v) is 10.6. The number of amides is 1. The number of hydrogen-bond donors (Lipinski definition) is 1. The van der Waals surface area contributed by atoms with E-state index in [-0.39, 0.29) is 5.91 Å². The van der Waals surface area contributed by atoms with Gasteiger partial charge >= 0.3 is 0 Å². The van der Waals surface area contributed by atoms with E-state index in [9.17, 15) is 4.79 Å². The predicted molar refractivity (Wildman–Crippen MR) is 70.4 cm³/mol. The summed E-state index contributed by atoms with van der Waals surface area (Å²) < 4.78 is 0. The molecule has 0 radical (unpaired) electrons. The van der Waals surface area contributed by atoms with Crippen LogP contribution in [0.4, 0.5) is 5.69 Å². The van der Waals surface area contributed by atoms with Crippen molar-refractivity contribution in [3.63, 3.8) is 0 Å². The van der Waals surface area contributed by atoms with Gasteiger partial charge in [-0.3, -0.25) is 4.79 Å². The van der Waals surface area contributed by atoms with E-state index >= 15 is 0 Å². The molecule has 0 saturated carbocycles. The highest BCUT2D eigenvalue weighted by molar-refractivity contribution is 5.94. The largest absolute Gasteiger partial charge is 0.319 e. The van der Waals surface area contributed by atoms with E-state index in [1.165, 1.54) is 11.1 Å². The maximum atomic E-state index is 12.1. The zero-order chi connectivity index (χ0) is 12.3. The number of carbonyl (C=O) groups is 1. The van der Waals surface area contributed by atoms with Gasteiger partial charge in [-0.1, -0.05) is 17.7 Å². The molecule has 0 unspecified atom stereocenters. The molecular formula is C14H20N2O. The van der Waals surface area contributed by atoms with E-state index in [0.717, 1.165) is 31.6 Å². The minimum atomic E-state index is 0.226. The smallest absolute Gasteiger partial charge is 0.228 e. The molecule has 1 aliphatic heterocycles. The van der Waals surface area contributed by atoms with Crippen molar-refractivity contribution in [3.05, 3.63) is 29.3 Å². The molecule has 1 N–H and O–H groups in total. The lowest BCUT2D eigenvalue weighted by Crippen LogP contribution is -2.36. The van der Waals surface area contributed by atoms with Gasteiger partial charge in [-0.25, -0.2) is 0 Å². The van der Waals surface area contributed by atoms with Gasteiger partial charge in [-0.2, -0.15) is 0 Å². The van der Waals surface area contributed by atoms with Crippen LogP contribution in [0, 0.1) is 6.92 Å². The van der Waals surface area contributed by atoms with Crippen molar-refractivity contribution in [3.8, 4) is 0 Å². The average Bonchev–Trinajstić information content (AvgIpc) is 2.34. The van der Waals surface area contributed by atoms with E-state index in [0.29, 0.717) is 6.42 Å². The van der Waals surface area contributed by atoms with Gasteiger partial charge in [0, 0.05) is 25.2 Å². The zero-order valence-electron chi connectivity index (χ0n) is 10.6. The van der Waals surface area contributed by atoms with Gasteiger partial charge in [0.25, 0.3) is 0 Å². The first-order chi connectivity index (χ1) is 8.22. The van der Waals surface area contributed by atoms with E-state index < -0.39 is 0 Å². The summed E-state index contributed by atoms with van der Waals surface area (Å²) >= 11 is 0. The summed E-state index contributed by atoms with van der Waals surface area (Å²) in [5.41, 5.74) is 3.70. The Labute approximate surface area is 103 Å². The molecule has 1 aromatic rings. The third-order valence-electron chi connectivity index (χ3n) is 3.24. The number of anilines is 1. The second kappa shape index (κ2) is 5.32. The molecule has 17 heavy (non-hydrogen) atoms. The number of aryl methyl sites for hydroxylation is 2. The van der Waals surface area contributed by atoms with Crippen molar-refractivity contribution < 1.29 is 4.79 Å². The second-order valence-corrected chi connectivity index (χ2v) is 4.63. The van der Waals surface area contributed by atoms with Gasteiger partial charge in [0.1, 0.15) is 0 Å². The number of rotatable bonds is 3. The molecule has 0 saturated heterocycles. The minimum Gasteiger partial charge on any atom is -0.319 e. The summed E-state index contributed by atoms with van der Waals surface area (Å²) in [4.78, 5) is 14.0. The fourth-order valence-electron chi connectivity index (χ4n) is 2.35. The maximum Gasteiger partial charge on any atom is 0.228 e. The van der Waals surface area contributed by atoms with Gasteiger partial charge in [-0.05, 0) is 38.4 Å². The number of fused-ring (bicyclic) bond motifs is 1. The van der Waals surface area contributed by atoms with Crippen LogP contribution in [0.25, 0.3) is 0 Å². The summed E-state index contributed by atoms with van der Waals surface area (Å²) in [6, 6.07) is 6.37. The third-order valence-corrected chi connectivity index (χ3v) is 3.24. The van der Waals surface area contributed by atoms with Crippen LogP contribution in [0.2, 0.25) is 0 Å². The van der Waals surface area contributed by atoms with Crippen LogP contribution in [0.15, 0.2) is 18.2 Å². The standard InChI is InChI=1S/C14H20N2O/c1-11-5-6-13-12(10-11)4-3-9-16(13)14(17)7-8-15-2/h5-6,10,15H,3-4,7-9H2,1-2H3. The van der Waals surface area contributed by atoms with Crippen molar-refractivity contribution in [2.24, 2.45) is 0 Å². The lowest BCUT2D eigenvalue weighted by molar-refractivity contribution is -0.118. The van der Waals surface area contributed by atoms with Gasteiger partial charge in [0.05, 0.1) is 0 Å². The summed E-state index contributed by atoms with van der Waals surface area (Å²) in [7, 11) is 1.88. The Morgan fingerprint density at radius 2 is 2.29 bits per heavy atom. The molecule has 2 rings (SSSR count). The molecule has 3 nitrogen and oxygen atoms in total. The monoisotopic (exact) mass is 232 g/mol. The fraction of sp³-hybridized carbons (Fsp3) is 0.500. The molecule has 1 heterocycles. The van der Waals surface area contributed by atoms with Crippen molar-refractivity contribution in [1.82, 2.24) is 5.32 Å². The number of nitrogens with one attached hydrogen (secondary N) is 1. The second-order valence-electron chi connectivity index (χ2n) is 4.63. The molecule has 0 aromatic heterocycles. The van der Waals surface area contributed by atoms with Crippen LogP contribution >= 0.6 is 0 Å². The molecule has 1 aromatic carbocycles. The first-order valence-electron chi connectivity index (χ1n) is 6.27. The topological polar surface area (TPSA) is 32.3 Å². The number of benzene rings is 1. The van der Waals surface area contributed by atoms with E-state index in [4.69, 9.17) is 0 Å². The van der Waals surface area contributed by atoms with E-state index in [1.54, 1.807) is 0 Å². The first-order valence-corrected chi connectivity index (χ1v) is 6.27. The predicted octanol–water partition coefficient (Wildman–Crippen LogP) is 1.88. The molecule has 0 atom stereocenters. The molecule has 0 spiro atoms. The summed E-state index contributed by atoms with van der Waals surface area (Å²) in [5, 5.41) is 3.02. The van der Waals surface area contributed by atoms with Crippen molar-refractivity contribution in [2.75, 3.05) is 25.0 Å². The minimum absolute atomic E-state index is 0.226. The Balaban J connectivity index is 2.19. The quantitative estimate of drug-likeness (QED) is 0.863. The highest BCUT2D eigenvalue weighted by Crippen LogP contribution is 2.28. The highest BCUT2D eigenvalue weighted by Gasteiger charge is 2.21. The molecule has 1 aliphatic rings. The molecule has 92 valence electrons. The molecular weight excluding hydrogens is 212 g/mol. The molecule has 0 aliphatic carbocycles. The Morgan fingerprint density at radius 3 is 3.06 bits per heavy atom. The number of nitrogens with zero attached hydrogens (tertiary/aromatic N) is 1. The lowest BCUT2D eigenvalue weighted by atomic mass is 9.99. The maximum absolute atomic E-state index is 12.1. The van der Waals surface area contributed by atoms with Crippen LogP contribution in [0.5, 0.6) is 0 Å². The van der Waals surface area contributed by atoms with Crippen LogP contribution < -0.4 is 10.2 Å². The van der Waals surface area contributed by atoms with Crippen LogP contribution in [-0.4, -0.2) is 26.0 Å². The summed E-state index contributed by atoms with van der Waals surface area (Å²) in [6.07, 6.45) is 2.73. The lowest BCUT2D eigenvalue weighted by Gasteiger charge is -2.30.